The molecule has 16 heavy (non-hydrogen) atoms. The van der Waals surface area contributed by atoms with Crippen molar-refractivity contribution in [3.8, 4) is 5.75 Å². The molecule has 0 saturated carbocycles. The molecular formula is C12H12ClNOS. The van der Waals surface area contributed by atoms with Crippen LogP contribution in [0.15, 0.2) is 36.4 Å². The molecule has 0 amide bonds. The average molecular weight is 254 g/mol. The lowest BCUT2D eigenvalue weighted by Crippen LogP contribution is -2.01. The van der Waals surface area contributed by atoms with Gasteiger partial charge in [0.2, 0.25) is 0 Å². The van der Waals surface area contributed by atoms with Crippen molar-refractivity contribution in [2.45, 2.75) is 13.2 Å². The van der Waals surface area contributed by atoms with Gasteiger partial charge in [0.25, 0.3) is 0 Å². The highest BCUT2D eigenvalue weighted by atomic mass is 35.5. The van der Waals surface area contributed by atoms with Gasteiger partial charge in [0.1, 0.15) is 12.4 Å². The first-order chi connectivity index (χ1) is 7.79. The van der Waals surface area contributed by atoms with E-state index in [4.69, 9.17) is 22.1 Å². The van der Waals surface area contributed by atoms with Crippen molar-refractivity contribution < 1.29 is 4.74 Å². The number of benzene rings is 1. The second-order valence-corrected chi connectivity index (χ2v) is 5.11. The van der Waals surface area contributed by atoms with Crippen LogP contribution in [-0.4, -0.2) is 0 Å². The molecule has 2 rings (SSSR count). The molecule has 0 aliphatic carbocycles. The molecule has 4 heteroatoms. The number of halogens is 1. The minimum Gasteiger partial charge on any atom is -0.488 e. The maximum absolute atomic E-state index is 5.84. The van der Waals surface area contributed by atoms with Gasteiger partial charge in [0.05, 0.1) is 4.34 Å². The van der Waals surface area contributed by atoms with E-state index in [1.165, 1.54) is 11.3 Å². The van der Waals surface area contributed by atoms with Gasteiger partial charge < -0.3 is 10.5 Å². The Morgan fingerprint density at radius 2 is 2.00 bits per heavy atom. The molecule has 0 saturated heterocycles. The maximum Gasteiger partial charge on any atom is 0.124 e. The van der Waals surface area contributed by atoms with Crippen molar-refractivity contribution in [1.29, 1.82) is 0 Å². The molecule has 1 aromatic heterocycles. The van der Waals surface area contributed by atoms with E-state index >= 15 is 0 Å². The Bertz CT molecular complexity index is 470. The van der Waals surface area contributed by atoms with Crippen molar-refractivity contribution >= 4 is 22.9 Å². The Morgan fingerprint density at radius 1 is 1.19 bits per heavy atom. The largest absolute Gasteiger partial charge is 0.488 e. The van der Waals surface area contributed by atoms with E-state index < -0.39 is 0 Å². The van der Waals surface area contributed by atoms with Crippen LogP contribution in [0.4, 0.5) is 0 Å². The molecule has 1 heterocycles. The minimum atomic E-state index is 0.487. The Kier molecular flexibility index (Phi) is 3.83. The van der Waals surface area contributed by atoms with E-state index in [0.29, 0.717) is 13.2 Å². The molecule has 0 atom stereocenters. The first-order valence-electron chi connectivity index (χ1n) is 4.94. The lowest BCUT2D eigenvalue weighted by atomic mass is 10.2. The zero-order chi connectivity index (χ0) is 11.4. The highest BCUT2D eigenvalue weighted by Crippen LogP contribution is 2.24. The SMILES string of the molecule is NCc1ccccc1OCc1ccc(Cl)s1. The van der Waals surface area contributed by atoms with Crippen LogP contribution in [0.3, 0.4) is 0 Å². The average Bonchev–Trinajstić information content (AvgIpc) is 2.73. The molecule has 0 aliphatic heterocycles. The van der Waals surface area contributed by atoms with Crippen molar-refractivity contribution in [1.82, 2.24) is 0 Å². The van der Waals surface area contributed by atoms with Gasteiger partial charge in [-0.25, -0.2) is 0 Å². The molecule has 0 bridgehead atoms. The summed E-state index contributed by atoms with van der Waals surface area (Å²) < 4.78 is 6.48. The van der Waals surface area contributed by atoms with Crippen LogP contribution >= 0.6 is 22.9 Å². The summed E-state index contributed by atoms with van der Waals surface area (Å²) in [5, 5.41) is 0. The number of hydrogen-bond acceptors (Lipinski definition) is 3. The smallest absolute Gasteiger partial charge is 0.124 e. The third-order valence-corrected chi connectivity index (χ3v) is 3.40. The second kappa shape index (κ2) is 5.34. The van der Waals surface area contributed by atoms with Gasteiger partial charge in [-0.15, -0.1) is 11.3 Å². The van der Waals surface area contributed by atoms with E-state index in [1.54, 1.807) is 0 Å². The first-order valence-corrected chi connectivity index (χ1v) is 6.14. The Labute approximate surface area is 104 Å². The fourth-order valence-corrected chi connectivity index (χ4v) is 2.39. The molecule has 0 aliphatic rings. The molecular weight excluding hydrogens is 242 g/mol. The zero-order valence-electron chi connectivity index (χ0n) is 8.65. The van der Waals surface area contributed by atoms with Crippen LogP contribution in [0.5, 0.6) is 5.75 Å². The Hall–Kier alpha value is -1.03. The number of nitrogens with two attached hydrogens (primary N) is 1. The lowest BCUT2D eigenvalue weighted by Gasteiger charge is -2.08. The van der Waals surface area contributed by atoms with E-state index in [2.05, 4.69) is 0 Å². The molecule has 1 aromatic carbocycles. The summed E-state index contributed by atoms with van der Waals surface area (Å²) in [7, 11) is 0. The number of rotatable bonds is 4. The predicted molar refractivity (Wildman–Crippen MR) is 68.0 cm³/mol. The van der Waals surface area contributed by atoms with Crippen molar-refractivity contribution in [3.63, 3.8) is 0 Å². The van der Waals surface area contributed by atoms with Gasteiger partial charge in [-0.05, 0) is 18.2 Å². The number of ether oxygens (including phenoxy) is 1. The van der Waals surface area contributed by atoms with Crippen LogP contribution in [0.1, 0.15) is 10.4 Å². The fourth-order valence-electron chi connectivity index (χ4n) is 1.39. The van der Waals surface area contributed by atoms with Gasteiger partial charge in [-0.3, -0.25) is 0 Å². The van der Waals surface area contributed by atoms with E-state index in [-0.39, 0.29) is 0 Å². The normalized spacial score (nSPS) is 10.4. The topological polar surface area (TPSA) is 35.2 Å². The molecule has 2 nitrogen and oxygen atoms in total. The quantitative estimate of drug-likeness (QED) is 0.906. The third-order valence-electron chi connectivity index (χ3n) is 2.19. The van der Waals surface area contributed by atoms with E-state index in [9.17, 15) is 0 Å². The maximum atomic E-state index is 5.84. The summed E-state index contributed by atoms with van der Waals surface area (Å²) in [4.78, 5) is 1.11. The van der Waals surface area contributed by atoms with Crippen LogP contribution in [0.2, 0.25) is 4.34 Å². The van der Waals surface area contributed by atoms with Gasteiger partial charge in [-0.2, -0.15) is 0 Å². The van der Waals surface area contributed by atoms with Crippen LogP contribution < -0.4 is 10.5 Å². The van der Waals surface area contributed by atoms with Crippen molar-refractivity contribution in [2.24, 2.45) is 5.73 Å². The predicted octanol–water partition coefficient (Wildman–Crippen LogP) is 3.44. The summed E-state index contributed by atoms with van der Waals surface area (Å²) in [6.07, 6.45) is 0. The van der Waals surface area contributed by atoms with Gasteiger partial charge in [-0.1, -0.05) is 29.8 Å². The monoisotopic (exact) mass is 253 g/mol. The summed E-state index contributed by atoms with van der Waals surface area (Å²) >= 11 is 7.37. The summed E-state index contributed by atoms with van der Waals surface area (Å²) in [5.41, 5.74) is 6.64. The minimum absolute atomic E-state index is 0.487. The Morgan fingerprint density at radius 3 is 2.69 bits per heavy atom. The van der Waals surface area contributed by atoms with Gasteiger partial charge in [0, 0.05) is 17.0 Å². The van der Waals surface area contributed by atoms with Crippen LogP contribution in [0, 0.1) is 0 Å². The molecule has 2 aromatic rings. The van der Waals surface area contributed by atoms with Crippen LogP contribution in [0.25, 0.3) is 0 Å². The fraction of sp³-hybridized carbons (Fsp3) is 0.167. The zero-order valence-corrected chi connectivity index (χ0v) is 10.2. The summed E-state index contributed by atoms with van der Waals surface area (Å²) in [5.74, 6) is 0.842. The second-order valence-electron chi connectivity index (χ2n) is 3.31. The molecule has 0 spiro atoms. The standard InChI is InChI=1S/C12H12ClNOS/c13-12-6-5-10(16-12)8-15-11-4-2-1-3-9(11)7-14/h1-6H,7-8,14H2. The first kappa shape index (κ1) is 11.5. The van der Waals surface area contributed by atoms with E-state index in [0.717, 1.165) is 20.5 Å². The van der Waals surface area contributed by atoms with Gasteiger partial charge >= 0.3 is 0 Å². The molecule has 2 N–H and O–H groups in total. The van der Waals surface area contributed by atoms with E-state index in [1.807, 2.05) is 36.4 Å². The van der Waals surface area contributed by atoms with Crippen LogP contribution in [-0.2, 0) is 13.2 Å². The molecule has 0 fully saturated rings. The highest BCUT2D eigenvalue weighted by molar-refractivity contribution is 7.16. The molecule has 0 radical (unpaired) electrons. The number of thiophene rings is 1. The van der Waals surface area contributed by atoms with Gasteiger partial charge in [0.15, 0.2) is 0 Å². The molecule has 84 valence electrons. The third kappa shape index (κ3) is 2.76. The lowest BCUT2D eigenvalue weighted by molar-refractivity contribution is 0.306. The van der Waals surface area contributed by atoms with Crippen molar-refractivity contribution in [2.75, 3.05) is 0 Å². The molecule has 0 unspecified atom stereocenters. The highest BCUT2D eigenvalue weighted by Gasteiger charge is 2.03. The van der Waals surface area contributed by atoms with Crippen molar-refractivity contribution in [3.05, 3.63) is 51.2 Å². The summed E-state index contributed by atoms with van der Waals surface area (Å²) in [6, 6.07) is 11.6. The number of hydrogen-bond donors (Lipinski definition) is 1. The Balaban J connectivity index is 2.04. The summed E-state index contributed by atoms with van der Waals surface area (Å²) in [6.45, 7) is 1.02. The number of para-hydroxylation sites is 1.